The lowest BCUT2D eigenvalue weighted by molar-refractivity contribution is 0.192. The lowest BCUT2D eigenvalue weighted by Crippen LogP contribution is -2.40. The number of hydrogen-bond acceptors (Lipinski definition) is 4. The van der Waals surface area contributed by atoms with Gasteiger partial charge in [0.25, 0.3) is 0 Å². The monoisotopic (exact) mass is 305 g/mol. The molecule has 1 aliphatic rings. The molecule has 122 valence electrons. The van der Waals surface area contributed by atoms with Gasteiger partial charge in [-0.25, -0.2) is 9.78 Å². The summed E-state index contributed by atoms with van der Waals surface area (Å²) >= 11 is 0. The molecule has 0 aromatic carbocycles. The third-order valence-electron chi connectivity index (χ3n) is 4.05. The minimum Gasteiger partial charge on any atom is -0.363 e. The van der Waals surface area contributed by atoms with E-state index in [1.165, 1.54) is 12.8 Å². The molecule has 0 bridgehead atoms. The standard InChI is InChI=1S/C16H27N5O/c1-13-6-9-21(10-7-13)11-8-17-16(22)19-14-4-5-15(18-12-14)20(2)3/h4-5,12-13H,6-11H2,1-3H3,(H2,17,19,22). The predicted molar refractivity (Wildman–Crippen MR) is 90.4 cm³/mol. The van der Waals surface area contributed by atoms with E-state index in [1.807, 2.05) is 31.1 Å². The fourth-order valence-corrected chi connectivity index (χ4v) is 2.51. The average molecular weight is 305 g/mol. The number of nitrogens with one attached hydrogen (secondary N) is 2. The van der Waals surface area contributed by atoms with E-state index in [0.29, 0.717) is 12.2 Å². The Labute approximate surface area is 132 Å². The summed E-state index contributed by atoms with van der Waals surface area (Å²) in [6.07, 6.45) is 4.19. The molecule has 1 aromatic heterocycles. The van der Waals surface area contributed by atoms with Gasteiger partial charge in [-0.3, -0.25) is 0 Å². The molecule has 1 aliphatic heterocycles. The van der Waals surface area contributed by atoms with Crippen molar-refractivity contribution in [3.05, 3.63) is 18.3 Å². The van der Waals surface area contributed by atoms with Crippen molar-refractivity contribution in [3.8, 4) is 0 Å². The summed E-state index contributed by atoms with van der Waals surface area (Å²) in [6.45, 7) is 6.17. The van der Waals surface area contributed by atoms with Crippen LogP contribution in [0.3, 0.4) is 0 Å². The fraction of sp³-hybridized carbons (Fsp3) is 0.625. The minimum absolute atomic E-state index is 0.176. The number of nitrogens with zero attached hydrogens (tertiary/aromatic N) is 3. The van der Waals surface area contributed by atoms with Gasteiger partial charge in [0.1, 0.15) is 5.82 Å². The van der Waals surface area contributed by atoms with Gasteiger partial charge in [-0.05, 0) is 44.0 Å². The van der Waals surface area contributed by atoms with Crippen LogP contribution in [0.25, 0.3) is 0 Å². The number of carbonyl (C=O) groups excluding carboxylic acids is 1. The number of likely N-dealkylation sites (tertiary alicyclic amines) is 1. The maximum absolute atomic E-state index is 11.8. The molecule has 2 heterocycles. The maximum Gasteiger partial charge on any atom is 0.319 e. The van der Waals surface area contributed by atoms with Crippen molar-refractivity contribution in [2.75, 3.05) is 50.5 Å². The van der Waals surface area contributed by atoms with Crippen LogP contribution in [-0.4, -0.2) is 56.2 Å². The molecule has 0 saturated carbocycles. The molecule has 6 nitrogen and oxygen atoms in total. The number of urea groups is 1. The zero-order valence-corrected chi connectivity index (χ0v) is 13.8. The first-order valence-corrected chi connectivity index (χ1v) is 7.95. The molecule has 0 unspecified atom stereocenters. The Morgan fingerprint density at radius 1 is 1.36 bits per heavy atom. The van der Waals surface area contributed by atoms with Crippen LogP contribution in [0, 0.1) is 5.92 Å². The molecule has 6 heteroatoms. The molecule has 22 heavy (non-hydrogen) atoms. The topological polar surface area (TPSA) is 60.5 Å². The number of pyridine rings is 1. The highest BCUT2D eigenvalue weighted by atomic mass is 16.2. The Balaban J connectivity index is 1.67. The van der Waals surface area contributed by atoms with Crippen LogP contribution in [0.15, 0.2) is 18.3 Å². The molecular formula is C16H27N5O. The molecule has 1 saturated heterocycles. The lowest BCUT2D eigenvalue weighted by Gasteiger charge is -2.30. The zero-order valence-electron chi connectivity index (χ0n) is 13.8. The summed E-state index contributed by atoms with van der Waals surface area (Å²) in [7, 11) is 3.87. The van der Waals surface area contributed by atoms with Crippen LogP contribution in [-0.2, 0) is 0 Å². The molecule has 1 aromatic rings. The Hall–Kier alpha value is -1.82. The van der Waals surface area contributed by atoms with Crippen molar-refractivity contribution < 1.29 is 4.79 Å². The van der Waals surface area contributed by atoms with Crippen LogP contribution < -0.4 is 15.5 Å². The van der Waals surface area contributed by atoms with E-state index < -0.39 is 0 Å². The summed E-state index contributed by atoms with van der Waals surface area (Å²) in [5.41, 5.74) is 0.704. The van der Waals surface area contributed by atoms with E-state index in [9.17, 15) is 4.79 Å². The van der Waals surface area contributed by atoms with E-state index in [-0.39, 0.29) is 6.03 Å². The molecule has 2 rings (SSSR count). The van der Waals surface area contributed by atoms with Gasteiger partial charge >= 0.3 is 6.03 Å². The Morgan fingerprint density at radius 3 is 2.68 bits per heavy atom. The summed E-state index contributed by atoms with van der Waals surface area (Å²) in [5, 5.41) is 5.70. The smallest absolute Gasteiger partial charge is 0.319 e. The number of piperidine rings is 1. The lowest BCUT2D eigenvalue weighted by atomic mass is 9.99. The van der Waals surface area contributed by atoms with E-state index >= 15 is 0 Å². The van der Waals surface area contributed by atoms with E-state index in [0.717, 1.165) is 31.4 Å². The first-order valence-electron chi connectivity index (χ1n) is 7.95. The van der Waals surface area contributed by atoms with Crippen molar-refractivity contribution in [3.63, 3.8) is 0 Å². The highest BCUT2D eigenvalue weighted by Crippen LogP contribution is 2.15. The van der Waals surface area contributed by atoms with Crippen molar-refractivity contribution in [2.45, 2.75) is 19.8 Å². The largest absolute Gasteiger partial charge is 0.363 e. The number of carbonyl (C=O) groups is 1. The van der Waals surface area contributed by atoms with Crippen LogP contribution in [0.4, 0.5) is 16.3 Å². The first-order chi connectivity index (χ1) is 10.5. The third kappa shape index (κ3) is 5.18. The number of rotatable bonds is 5. The summed E-state index contributed by atoms with van der Waals surface area (Å²) in [6, 6.07) is 3.56. The summed E-state index contributed by atoms with van der Waals surface area (Å²) in [5.74, 6) is 1.70. The van der Waals surface area contributed by atoms with Crippen molar-refractivity contribution in [2.24, 2.45) is 5.92 Å². The number of hydrogen-bond donors (Lipinski definition) is 2. The van der Waals surface area contributed by atoms with E-state index in [2.05, 4.69) is 27.4 Å². The van der Waals surface area contributed by atoms with Gasteiger partial charge in [0.05, 0.1) is 11.9 Å². The van der Waals surface area contributed by atoms with Crippen LogP contribution in [0.1, 0.15) is 19.8 Å². The summed E-state index contributed by atoms with van der Waals surface area (Å²) < 4.78 is 0. The number of aromatic nitrogens is 1. The van der Waals surface area contributed by atoms with Gasteiger partial charge in [0, 0.05) is 27.2 Å². The van der Waals surface area contributed by atoms with E-state index in [1.54, 1.807) is 6.20 Å². The molecule has 1 fully saturated rings. The fourth-order valence-electron chi connectivity index (χ4n) is 2.51. The quantitative estimate of drug-likeness (QED) is 0.873. The second-order valence-electron chi connectivity index (χ2n) is 6.20. The second-order valence-corrected chi connectivity index (χ2v) is 6.20. The number of amides is 2. The molecule has 2 N–H and O–H groups in total. The normalized spacial score (nSPS) is 16.3. The number of anilines is 2. The molecule has 0 aliphatic carbocycles. The SMILES string of the molecule is CC1CCN(CCNC(=O)Nc2ccc(N(C)C)nc2)CC1. The molecule has 0 spiro atoms. The van der Waals surface area contributed by atoms with Crippen LogP contribution in [0.5, 0.6) is 0 Å². The minimum atomic E-state index is -0.176. The molecular weight excluding hydrogens is 278 g/mol. The van der Waals surface area contributed by atoms with Crippen molar-refractivity contribution in [1.29, 1.82) is 0 Å². The van der Waals surface area contributed by atoms with Gasteiger partial charge in [-0.1, -0.05) is 6.92 Å². The van der Waals surface area contributed by atoms with Gasteiger partial charge in [0.15, 0.2) is 0 Å². The maximum atomic E-state index is 11.8. The Morgan fingerprint density at radius 2 is 2.09 bits per heavy atom. The predicted octanol–water partition coefficient (Wildman–Crippen LogP) is 2.00. The van der Waals surface area contributed by atoms with Gasteiger partial charge in [-0.15, -0.1) is 0 Å². The average Bonchev–Trinajstić information content (AvgIpc) is 2.50. The Bertz CT molecular complexity index is 466. The third-order valence-corrected chi connectivity index (χ3v) is 4.05. The zero-order chi connectivity index (χ0) is 15.9. The molecule has 2 amide bonds. The van der Waals surface area contributed by atoms with Gasteiger partial charge < -0.3 is 20.4 Å². The van der Waals surface area contributed by atoms with Crippen LogP contribution in [0.2, 0.25) is 0 Å². The first kappa shape index (κ1) is 16.5. The van der Waals surface area contributed by atoms with Crippen LogP contribution >= 0.6 is 0 Å². The van der Waals surface area contributed by atoms with Gasteiger partial charge in [0.2, 0.25) is 0 Å². The highest BCUT2D eigenvalue weighted by Gasteiger charge is 2.15. The summed E-state index contributed by atoms with van der Waals surface area (Å²) in [4.78, 5) is 20.4. The molecule has 0 atom stereocenters. The van der Waals surface area contributed by atoms with Crippen molar-refractivity contribution in [1.82, 2.24) is 15.2 Å². The van der Waals surface area contributed by atoms with E-state index in [4.69, 9.17) is 0 Å². The Kier molecular flexibility index (Phi) is 6.00. The molecule has 0 radical (unpaired) electrons. The van der Waals surface area contributed by atoms with Crippen molar-refractivity contribution >= 4 is 17.5 Å². The second kappa shape index (κ2) is 7.98. The van der Waals surface area contributed by atoms with Gasteiger partial charge in [-0.2, -0.15) is 0 Å². The highest BCUT2D eigenvalue weighted by molar-refractivity contribution is 5.89.